The lowest BCUT2D eigenvalue weighted by molar-refractivity contribution is 0.345. The van der Waals surface area contributed by atoms with Crippen LogP contribution in [-0.4, -0.2) is 50.2 Å². The lowest BCUT2D eigenvalue weighted by Crippen LogP contribution is -2.52. The lowest BCUT2D eigenvalue weighted by atomic mass is 10.1. The fourth-order valence-electron chi connectivity index (χ4n) is 1.71. The second-order valence-corrected chi connectivity index (χ2v) is 7.02. The molecule has 1 heterocycles. The van der Waals surface area contributed by atoms with Gasteiger partial charge in [-0.1, -0.05) is 0 Å². The number of sulfonamides is 1. The van der Waals surface area contributed by atoms with E-state index in [1.807, 2.05) is 0 Å². The van der Waals surface area contributed by atoms with Crippen molar-refractivity contribution in [2.75, 3.05) is 32.7 Å². The van der Waals surface area contributed by atoms with Crippen LogP contribution >= 0.6 is 24.8 Å². The summed E-state index contributed by atoms with van der Waals surface area (Å²) in [6, 6.07) is 0. The Bertz CT molecular complexity index is 303. The first kappa shape index (κ1) is 19.7. The lowest BCUT2D eigenvalue weighted by Gasteiger charge is -2.34. The Hall–Kier alpha value is 0.410. The number of hydrogen-bond donors (Lipinski definition) is 2. The zero-order valence-electron chi connectivity index (χ0n) is 10.3. The first-order valence-electron chi connectivity index (χ1n) is 5.32. The smallest absolute Gasteiger partial charge is 0.219 e. The molecule has 0 spiro atoms. The minimum absolute atomic E-state index is 0. The van der Waals surface area contributed by atoms with Crippen LogP contribution in [0.1, 0.15) is 20.3 Å². The number of rotatable bonds is 4. The van der Waals surface area contributed by atoms with Crippen molar-refractivity contribution in [1.82, 2.24) is 9.62 Å². The first-order valence-corrected chi connectivity index (χ1v) is 6.76. The van der Waals surface area contributed by atoms with Gasteiger partial charge in [0, 0.05) is 26.2 Å². The fraction of sp³-hybridized carbons (Fsp3) is 1.00. The SMILES string of the molecule is CC(C)(CCN)S(=O)(=O)N1CCNCC1.Cl.Cl. The second-order valence-electron chi connectivity index (χ2n) is 4.45. The number of piperazine rings is 1. The molecule has 0 amide bonds. The Morgan fingerprint density at radius 1 is 1.24 bits per heavy atom. The number of hydrogen-bond acceptors (Lipinski definition) is 4. The van der Waals surface area contributed by atoms with Crippen molar-refractivity contribution < 1.29 is 8.42 Å². The van der Waals surface area contributed by atoms with E-state index in [1.165, 1.54) is 0 Å². The van der Waals surface area contributed by atoms with Gasteiger partial charge < -0.3 is 11.1 Å². The zero-order chi connectivity index (χ0) is 11.5. The highest BCUT2D eigenvalue weighted by atomic mass is 35.5. The summed E-state index contributed by atoms with van der Waals surface area (Å²) in [4.78, 5) is 0. The van der Waals surface area contributed by atoms with E-state index in [9.17, 15) is 8.42 Å². The van der Waals surface area contributed by atoms with Gasteiger partial charge >= 0.3 is 0 Å². The van der Waals surface area contributed by atoms with Crippen LogP contribution in [0.15, 0.2) is 0 Å². The minimum Gasteiger partial charge on any atom is -0.330 e. The maximum atomic E-state index is 12.2. The molecule has 0 unspecified atom stereocenters. The minimum atomic E-state index is -3.21. The Balaban J connectivity index is 0. The van der Waals surface area contributed by atoms with Crippen LogP contribution in [0.3, 0.4) is 0 Å². The van der Waals surface area contributed by atoms with E-state index in [0.29, 0.717) is 26.1 Å². The van der Waals surface area contributed by atoms with E-state index in [4.69, 9.17) is 5.73 Å². The maximum absolute atomic E-state index is 12.2. The predicted molar refractivity (Wildman–Crippen MR) is 75.6 cm³/mol. The summed E-state index contributed by atoms with van der Waals surface area (Å²) in [7, 11) is -3.21. The largest absolute Gasteiger partial charge is 0.330 e. The number of nitrogens with one attached hydrogen (secondary N) is 1. The topological polar surface area (TPSA) is 75.4 Å². The second kappa shape index (κ2) is 7.76. The molecule has 1 fully saturated rings. The van der Waals surface area contributed by atoms with Gasteiger partial charge in [0.25, 0.3) is 0 Å². The third-order valence-electron chi connectivity index (χ3n) is 2.86. The van der Waals surface area contributed by atoms with Crippen molar-refractivity contribution in [3.63, 3.8) is 0 Å². The van der Waals surface area contributed by atoms with Crippen molar-refractivity contribution in [3.05, 3.63) is 0 Å². The summed E-state index contributed by atoms with van der Waals surface area (Å²) in [5.41, 5.74) is 5.45. The van der Waals surface area contributed by atoms with E-state index < -0.39 is 14.8 Å². The van der Waals surface area contributed by atoms with E-state index in [1.54, 1.807) is 18.2 Å². The van der Waals surface area contributed by atoms with Gasteiger partial charge in [-0.3, -0.25) is 0 Å². The molecule has 3 N–H and O–H groups in total. The average molecular weight is 308 g/mol. The molecule has 1 rings (SSSR count). The molecule has 0 aromatic heterocycles. The Morgan fingerprint density at radius 3 is 2.12 bits per heavy atom. The molecule has 1 saturated heterocycles. The highest BCUT2D eigenvalue weighted by Gasteiger charge is 2.38. The molecule has 1 aliphatic rings. The summed E-state index contributed by atoms with van der Waals surface area (Å²) < 4.78 is 25.3. The molecular weight excluding hydrogens is 285 g/mol. The van der Waals surface area contributed by atoms with Gasteiger partial charge in [0.05, 0.1) is 4.75 Å². The van der Waals surface area contributed by atoms with Crippen LogP contribution < -0.4 is 11.1 Å². The van der Waals surface area contributed by atoms with Crippen LogP contribution in [0, 0.1) is 0 Å². The number of nitrogens with two attached hydrogens (primary N) is 1. The van der Waals surface area contributed by atoms with Gasteiger partial charge in [-0.15, -0.1) is 24.8 Å². The number of halogens is 2. The monoisotopic (exact) mass is 307 g/mol. The average Bonchev–Trinajstić information content (AvgIpc) is 2.19. The molecule has 5 nitrogen and oxygen atoms in total. The van der Waals surface area contributed by atoms with Gasteiger partial charge in [0.15, 0.2) is 0 Å². The Morgan fingerprint density at radius 2 is 1.71 bits per heavy atom. The van der Waals surface area contributed by atoms with Gasteiger partial charge in [-0.2, -0.15) is 4.31 Å². The van der Waals surface area contributed by atoms with Crippen LogP contribution in [-0.2, 0) is 10.0 Å². The van der Waals surface area contributed by atoms with Crippen LogP contribution in [0.25, 0.3) is 0 Å². The highest BCUT2D eigenvalue weighted by Crippen LogP contribution is 2.24. The molecule has 0 aromatic rings. The molecule has 0 atom stereocenters. The van der Waals surface area contributed by atoms with E-state index in [2.05, 4.69) is 5.32 Å². The van der Waals surface area contributed by atoms with Crippen LogP contribution in [0.4, 0.5) is 0 Å². The zero-order valence-corrected chi connectivity index (χ0v) is 12.8. The van der Waals surface area contributed by atoms with Gasteiger partial charge in [0.2, 0.25) is 10.0 Å². The molecule has 0 saturated carbocycles. The molecule has 0 aromatic carbocycles. The molecule has 0 aliphatic carbocycles. The summed E-state index contributed by atoms with van der Waals surface area (Å²) in [6.07, 6.45) is 0.499. The van der Waals surface area contributed by atoms with Gasteiger partial charge in [-0.25, -0.2) is 8.42 Å². The van der Waals surface area contributed by atoms with E-state index in [0.717, 1.165) is 13.1 Å². The van der Waals surface area contributed by atoms with Gasteiger partial charge in [0.1, 0.15) is 0 Å². The molecule has 1 aliphatic heterocycles. The summed E-state index contributed by atoms with van der Waals surface area (Å²) in [5, 5.41) is 3.14. The fourth-order valence-corrected chi connectivity index (χ4v) is 3.45. The number of nitrogens with zero attached hydrogens (tertiary/aromatic N) is 1. The van der Waals surface area contributed by atoms with Crippen molar-refractivity contribution in [3.8, 4) is 0 Å². The molecule has 0 radical (unpaired) electrons. The summed E-state index contributed by atoms with van der Waals surface area (Å²) in [6.45, 7) is 6.50. The molecule has 0 bridgehead atoms. The van der Waals surface area contributed by atoms with Crippen molar-refractivity contribution in [1.29, 1.82) is 0 Å². The van der Waals surface area contributed by atoms with E-state index >= 15 is 0 Å². The van der Waals surface area contributed by atoms with Crippen LogP contribution in [0.5, 0.6) is 0 Å². The normalized spacial score (nSPS) is 18.1. The van der Waals surface area contributed by atoms with Crippen molar-refractivity contribution in [2.45, 2.75) is 25.0 Å². The van der Waals surface area contributed by atoms with Crippen molar-refractivity contribution in [2.24, 2.45) is 5.73 Å². The molecule has 17 heavy (non-hydrogen) atoms. The Labute approximate surface area is 116 Å². The summed E-state index contributed by atoms with van der Waals surface area (Å²) in [5.74, 6) is 0. The van der Waals surface area contributed by atoms with E-state index in [-0.39, 0.29) is 24.8 Å². The van der Waals surface area contributed by atoms with Crippen LogP contribution in [0.2, 0.25) is 0 Å². The third-order valence-corrected chi connectivity index (χ3v) is 5.51. The maximum Gasteiger partial charge on any atom is 0.219 e. The van der Waals surface area contributed by atoms with Gasteiger partial charge in [-0.05, 0) is 26.8 Å². The molecule has 8 heteroatoms. The predicted octanol–water partition coefficient (Wildman–Crippen LogP) is 0.192. The highest BCUT2D eigenvalue weighted by molar-refractivity contribution is 7.90. The third kappa shape index (κ3) is 4.54. The molecule has 106 valence electrons. The van der Waals surface area contributed by atoms with Crippen molar-refractivity contribution >= 4 is 34.8 Å². The Kier molecular flexibility index (Phi) is 9.01. The standard InChI is InChI=1S/C9H21N3O2S.2ClH/c1-9(2,3-4-10)15(13,14)12-7-5-11-6-8-12;;/h11H,3-8,10H2,1-2H3;2*1H. The first-order chi connectivity index (χ1) is 6.92. The molecular formula is C9H23Cl2N3O2S. The quantitative estimate of drug-likeness (QED) is 0.777. The summed E-state index contributed by atoms with van der Waals surface area (Å²) >= 11 is 0.